The van der Waals surface area contributed by atoms with E-state index in [0.717, 1.165) is 24.2 Å². The van der Waals surface area contributed by atoms with Crippen LogP contribution in [0.25, 0.3) is 0 Å². The van der Waals surface area contributed by atoms with Gasteiger partial charge in [0.1, 0.15) is 5.75 Å². The normalized spacial score (nSPS) is 10.3. The molecule has 0 bridgehead atoms. The lowest BCUT2D eigenvalue weighted by Crippen LogP contribution is -2.00. The number of hydrogen-bond donors (Lipinski definition) is 0. The molecule has 3 aromatic rings. The molecule has 0 N–H and O–H groups in total. The monoisotopic (exact) mass is 336 g/mol. The zero-order valence-electron chi connectivity index (χ0n) is 14.3. The van der Waals surface area contributed by atoms with Crippen molar-refractivity contribution in [2.24, 2.45) is 0 Å². The lowest BCUT2D eigenvalue weighted by atomic mass is 10.0. The molecule has 0 unspecified atom stereocenters. The smallest absolute Gasteiger partial charge is 0.328 e. The highest BCUT2D eigenvalue weighted by atomic mass is 16.5. The first-order valence-electron chi connectivity index (χ1n) is 8.05. The molecular formula is C20H20N2O3. The summed E-state index contributed by atoms with van der Waals surface area (Å²) in [5.41, 5.74) is 2.38. The van der Waals surface area contributed by atoms with Gasteiger partial charge < -0.3 is 14.2 Å². The predicted octanol–water partition coefficient (Wildman–Crippen LogP) is 4.07. The van der Waals surface area contributed by atoms with E-state index in [1.165, 1.54) is 5.56 Å². The van der Waals surface area contributed by atoms with Gasteiger partial charge in [-0.2, -0.15) is 9.97 Å². The van der Waals surface area contributed by atoms with Crippen molar-refractivity contribution in [2.45, 2.75) is 12.8 Å². The third kappa shape index (κ3) is 4.47. The van der Waals surface area contributed by atoms with E-state index < -0.39 is 0 Å². The van der Waals surface area contributed by atoms with Gasteiger partial charge in [0.05, 0.1) is 20.3 Å². The average Bonchev–Trinajstić information content (AvgIpc) is 2.67. The van der Waals surface area contributed by atoms with Gasteiger partial charge in [-0.1, -0.05) is 48.5 Å². The van der Waals surface area contributed by atoms with Crippen LogP contribution in [-0.4, -0.2) is 24.2 Å². The molecular weight excluding hydrogens is 316 g/mol. The molecule has 5 nitrogen and oxygen atoms in total. The molecule has 1 aromatic heterocycles. The molecule has 0 atom stereocenters. The number of aromatic nitrogens is 2. The molecule has 5 heteroatoms. The molecule has 128 valence electrons. The lowest BCUT2D eigenvalue weighted by molar-refractivity contribution is 0.347. The predicted molar refractivity (Wildman–Crippen MR) is 95.5 cm³/mol. The number of benzene rings is 2. The van der Waals surface area contributed by atoms with E-state index in [9.17, 15) is 0 Å². The van der Waals surface area contributed by atoms with Gasteiger partial charge in [0.15, 0.2) is 0 Å². The minimum atomic E-state index is 0.198. The zero-order chi connectivity index (χ0) is 17.5. The molecule has 0 spiro atoms. The maximum Gasteiger partial charge on any atom is 0.328 e. The Bertz CT molecular complexity index is 800. The van der Waals surface area contributed by atoms with Gasteiger partial charge in [0.25, 0.3) is 0 Å². The van der Waals surface area contributed by atoms with Crippen LogP contribution in [0.3, 0.4) is 0 Å². The number of methoxy groups -OCH3 is 2. The van der Waals surface area contributed by atoms with Gasteiger partial charge in [-0.25, -0.2) is 0 Å². The van der Waals surface area contributed by atoms with Crippen molar-refractivity contribution in [3.05, 3.63) is 71.8 Å². The highest BCUT2D eigenvalue weighted by Crippen LogP contribution is 2.27. The van der Waals surface area contributed by atoms with E-state index in [4.69, 9.17) is 14.2 Å². The largest absolute Gasteiger partial charge is 0.481 e. The molecule has 1 heterocycles. The van der Waals surface area contributed by atoms with E-state index in [2.05, 4.69) is 28.2 Å². The van der Waals surface area contributed by atoms with Crippen LogP contribution >= 0.6 is 0 Å². The van der Waals surface area contributed by atoms with Gasteiger partial charge in [0, 0.05) is 0 Å². The first kappa shape index (κ1) is 16.8. The van der Waals surface area contributed by atoms with Gasteiger partial charge in [-0.05, 0) is 30.0 Å². The average molecular weight is 336 g/mol. The fraction of sp³-hybridized carbons (Fsp3) is 0.200. The number of aryl methyl sites for hydroxylation is 2. The van der Waals surface area contributed by atoms with Crippen molar-refractivity contribution >= 4 is 0 Å². The van der Waals surface area contributed by atoms with E-state index >= 15 is 0 Å². The molecule has 25 heavy (non-hydrogen) atoms. The van der Waals surface area contributed by atoms with Crippen LogP contribution in [0, 0.1) is 0 Å². The lowest BCUT2D eigenvalue weighted by Gasteiger charge is -2.11. The van der Waals surface area contributed by atoms with Crippen molar-refractivity contribution in [1.82, 2.24) is 9.97 Å². The minimum Gasteiger partial charge on any atom is -0.481 e. The first-order chi connectivity index (χ1) is 12.3. The number of rotatable bonds is 7. The topological polar surface area (TPSA) is 53.5 Å². The Morgan fingerprint density at radius 2 is 1.40 bits per heavy atom. The third-order valence-electron chi connectivity index (χ3n) is 3.78. The quantitative estimate of drug-likeness (QED) is 0.651. The van der Waals surface area contributed by atoms with Crippen LogP contribution in [0.4, 0.5) is 0 Å². The summed E-state index contributed by atoms with van der Waals surface area (Å²) in [7, 11) is 3.08. The van der Waals surface area contributed by atoms with Gasteiger partial charge in [-0.15, -0.1) is 0 Å². The Balaban J connectivity index is 1.79. The minimum absolute atomic E-state index is 0.198. The molecule has 0 saturated carbocycles. The summed E-state index contributed by atoms with van der Waals surface area (Å²) in [6, 6.07) is 20.1. The summed E-state index contributed by atoms with van der Waals surface area (Å²) >= 11 is 0. The third-order valence-corrected chi connectivity index (χ3v) is 3.78. The van der Waals surface area contributed by atoms with Crippen LogP contribution in [0.2, 0.25) is 0 Å². The second-order valence-electron chi connectivity index (χ2n) is 5.43. The molecule has 0 amide bonds. The Kier molecular flexibility index (Phi) is 5.46. The van der Waals surface area contributed by atoms with E-state index in [1.54, 1.807) is 20.3 Å². The zero-order valence-corrected chi connectivity index (χ0v) is 14.3. The SMILES string of the molecule is COc1cc(OC)nc(Oc2ccccc2CCc2ccccc2)n1. The summed E-state index contributed by atoms with van der Waals surface area (Å²) in [4.78, 5) is 8.44. The van der Waals surface area contributed by atoms with E-state index in [0.29, 0.717) is 11.8 Å². The van der Waals surface area contributed by atoms with Crippen LogP contribution < -0.4 is 14.2 Å². The second-order valence-corrected chi connectivity index (χ2v) is 5.43. The fourth-order valence-electron chi connectivity index (χ4n) is 2.47. The highest BCUT2D eigenvalue weighted by molar-refractivity contribution is 5.36. The Labute approximate surface area is 147 Å². The summed E-state index contributed by atoms with van der Waals surface area (Å²) in [5, 5.41) is 0. The molecule has 0 radical (unpaired) electrons. The number of para-hydroxylation sites is 1. The van der Waals surface area contributed by atoms with Crippen molar-refractivity contribution in [1.29, 1.82) is 0 Å². The van der Waals surface area contributed by atoms with Gasteiger partial charge in [-0.3, -0.25) is 0 Å². The molecule has 2 aromatic carbocycles. The number of ether oxygens (including phenoxy) is 3. The van der Waals surface area contributed by atoms with Crippen molar-refractivity contribution in [3.8, 4) is 23.5 Å². The van der Waals surface area contributed by atoms with Crippen molar-refractivity contribution < 1.29 is 14.2 Å². The van der Waals surface area contributed by atoms with Gasteiger partial charge in [0.2, 0.25) is 11.8 Å². The molecule has 0 aliphatic rings. The molecule has 0 saturated heterocycles. The number of nitrogens with zero attached hydrogens (tertiary/aromatic N) is 2. The van der Waals surface area contributed by atoms with Crippen LogP contribution in [-0.2, 0) is 12.8 Å². The summed E-state index contributed by atoms with van der Waals surface area (Å²) in [5.74, 6) is 1.51. The van der Waals surface area contributed by atoms with Gasteiger partial charge >= 0.3 is 6.01 Å². The van der Waals surface area contributed by atoms with Crippen molar-refractivity contribution in [2.75, 3.05) is 14.2 Å². The Hall–Kier alpha value is -3.08. The molecule has 0 fully saturated rings. The maximum atomic E-state index is 5.90. The van der Waals surface area contributed by atoms with Crippen molar-refractivity contribution in [3.63, 3.8) is 0 Å². The highest BCUT2D eigenvalue weighted by Gasteiger charge is 2.10. The molecule has 0 aliphatic carbocycles. The standard InChI is InChI=1S/C20H20N2O3/c1-23-18-14-19(24-2)22-20(21-18)25-17-11-7-6-10-16(17)13-12-15-8-4-3-5-9-15/h3-11,14H,12-13H2,1-2H3. The summed E-state index contributed by atoms with van der Waals surface area (Å²) < 4.78 is 16.2. The molecule has 3 rings (SSSR count). The van der Waals surface area contributed by atoms with E-state index in [-0.39, 0.29) is 6.01 Å². The Morgan fingerprint density at radius 1 is 0.760 bits per heavy atom. The van der Waals surface area contributed by atoms with Crippen LogP contribution in [0.1, 0.15) is 11.1 Å². The van der Waals surface area contributed by atoms with Crippen LogP contribution in [0.15, 0.2) is 60.7 Å². The molecule has 0 aliphatic heterocycles. The first-order valence-corrected chi connectivity index (χ1v) is 8.05. The second kappa shape index (κ2) is 8.15. The van der Waals surface area contributed by atoms with E-state index in [1.807, 2.05) is 36.4 Å². The summed E-state index contributed by atoms with van der Waals surface area (Å²) in [6.45, 7) is 0. The number of hydrogen-bond acceptors (Lipinski definition) is 5. The fourth-order valence-corrected chi connectivity index (χ4v) is 2.47. The van der Waals surface area contributed by atoms with Crippen LogP contribution in [0.5, 0.6) is 23.5 Å². The Morgan fingerprint density at radius 3 is 2.08 bits per heavy atom. The maximum absolute atomic E-state index is 5.90. The summed E-state index contributed by atoms with van der Waals surface area (Å²) in [6.07, 6.45) is 1.80.